The molecular weight excluding hydrogens is 260 g/mol. The summed E-state index contributed by atoms with van der Waals surface area (Å²) >= 11 is 0. The van der Waals surface area contributed by atoms with Gasteiger partial charge in [0.15, 0.2) is 0 Å². The molecule has 2 aromatic rings. The molecule has 4 heteroatoms. The molecular formula is C17H24N4. The SMILES string of the molecule is CCN(CC)c1nc(C)cc(NC(C)c2ccccc2)n1. The molecule has 0 aliphatic rings. The van der Waals surface area contributed by atoms with E-state index in [1.54, 1.807) is 0 Å². The smallest absolute Gasteiger partial charge is 0.227 e. The molecule has 0 saturated carbocycles. The molecule has 0 spiro atoms. The van der Waals surface area contributed by atoms with Crippen molar-refractivity contribution in [3.8, 4) is 0 Å². The van der Waals surface area contributed by atoms with Crippen molar-refractivity contribution < 1.29 is 0 Å². The first-order valence-electron chi connectivity index (χ1n) is 7.56. The van der Waals surface area contributed by atoms with Crippen LogP contribution in [-0.4, -0.2) is 23.1 Å². The number of aryl methyl sites for hydroxylation is 1. The summed E-state index contributed by atoms with van der Waals surface area (Å²) in [5.41, 5.74) is 2.23. The van der Waals surface area contributed by atoms with Crippen LogP contribution in [0.1, 0.15) is 38.1 Å². The number of rotatable bonds is 6. The Balaban J connectivity index is 2.20. The Morgan fingerprint density at radius 1 is 1.10 bits per heavy atom. The molecule has 21 heavy (non-hydrogen) atoms. The quantitative estimate of drug-likeness (QED) is 0.876. The van der Waals surface area contributed by atoms with Gasteiger partial charge in [-0.05, 0) is 33.3 Å². The predicted octanol–water partition coefficient (Wildman–Crippen LogP) is 3.80. The van der Waals surface area contributed by atoms with E-state index < -0.39 is 0 Å². The normalized spacial score (nSPS) is 12.0. The number of aromatic nitrogens is 2. The summed E-state index contributed by atoms with van der Waals surface area (Å²) in [5, 5.41) is 3.46. The van der Waals surface area contributed by atoms with Crippen molar-refractivity contribution in [1.29, 1.82) is 0 Å². The van der Waals surface area contributed by atoms with E-state index in [2.05, 4.69) is 65.2 Å². The van der Waals surface area contributed by atoms with Gasteiger partial charge >= 0.3 is 0 Å². The van der Waals surface area contributed by atoms with E-state index >= 15 is 0 Å². The van der Waals surface area contributed by atoms with Crippen molar-refractivity contribution in [2.24, 2.45) is 0 Å². The fourth-order valence-corrected chi connectivity index (χ4v) is 2.32. The van der Waals surface area contributed by atoms with Crippen LogP contribution in [0.2, 0.25) is 0 Å². The Hall–Kier alpha value is -2.10. The Labute approximate surface area is 127 Å². The van der Waals surface area contributed by atoms with Crippen LogP contribution in [0.3, 0.4) is 0 Å². The maximum atomic E-state index is 4.64. The monoisotopic (exact) mass is 284 g/mol. The van der Waals surface area contributed by atoms with Gasteiger partial charge in [-0.3, -0.25) is 0 Å². The molecule has 1 unspecified atom stereocenters. The predicted molar refractivity (Wildman–Crippen MR) is 88.8 cm³/mol. The van der Waals surface area contributed by atoms with Gasteiger partial charge < -0.3 is 10.2 Å². The van der Waals surface area contributed by atoms with Crippen LogP contribution in [0.25, 0.3) is 0 Å². The van der Waals surface area contributed by atoms with E-state index in [0.717, 1.165) is 30.5 Å². The van der Waals surface area contributed by atoms with Gasteiger partial charge in [0.05, 0.1) is 0 Å². The van der Waals surface area contributed by atoms with Crippen LogP contribution in [0.4, 0.5) is 11.8 Å². The Bertz CT molecular complexity index is 564. The molecule has 1 N–H and O–H groups in total. The zero-order chi connectivity index (χ0) is 15.2. The molecule has 1 atom stereocenters. The average Bonchev–Trinajstić information content (AvgIpc) is 2.49. The summed E-state index contributed by atoms with van der Waals surface area (Å²) in [4.78, 5) is 11.3. The third-order valence-corrected chi connectivity index (χ3v) is 3.55. The Morgan fingerprint density at radius 3 is 2.38 bits per heavy atom. The minimum absolute atomic E-state index is 0.213. The van der Waals surface area contributed by atoms with Crippen molar-refractivity contribution in [2.45, 2.75) is 33.7 Å². The highest BCUT2D eigenvalue weighted by Gasteiger charge is 2.10. The van der Waals surface area contributed by atoms with Gasteiger partial charge in [0, 0.05) is 30.9 Å². The first-order valence-corrected chi connectivity index (χ1v) is 7.56. The summed E-state index contributed by atoms with van der Waals surface area (Å²) in [5.74, 6) is 1.67. The van der Waals surface area contributed by atoms with E-state index in [9.17, 15) is 0 Å². The summed E-state index contributed by atoms with van der Waals surface area (Å²) in [6, 6.07) is 12.6. The lowest BCUT2D eigenvalue weighted by atomic mass is 10.1. The maximum Gasteiger partial charge on any atom is 0.227 e. The van der Waals surface area contributed by atoms with Crippen LogP contribution in [0.5, 0.6) is 0 Å². The second-order valence-corrected chi connectivity index (χ2v) is 5.14. The summed E-state index contributed by atoms with van der Waals surface area (Å²) < 4.78 is 0. The minimum atomic E-state index is 0.213. The highest BCUT2D eigenvalue weighted by Crippen LogP contribution is 2.20. The molecule has 0 saturated heterocycles. The second kappa shape index (κ2) is 7.07. The topological polar surface area (TPSA) is 41.1 Å². The third-order valence-electron chi connectivity index (χ3n) is 3.55. The van der Waals surface area contributed by atoms with Crippen LogP contribution in [0.15, 0.2) is 36.4 Å². The molecule has 1 heterocycles. The Kier molecular flexibility index (Phi) is 5.14. The number of hydrogen-bond donors (Lipinski definition) is 1. The largest absolute Gasteiger partial charge is 0.363 e. The van der Waals surface area contributed by atoms with Crippen molar-refractivity contribution in [1.82, 2.24) is 9.97 Å². The summed E-state index contributed by atoms with van der Waals surface area (Å²) in [7, 11) is 0. The fourth-order valence-electron chi connectivity index (χ4n) is 2.32. The van der Waals surface area contributed by atoms with Crippen LogP contribution >= 0.6 is 0 Å². The standard InChI is InChI=1S/C17H24N4/c1-5-21(6-2)17-18-13(3)12-16(20-17)19-14(4)15-10-8-7-9-11-15/h7-12,14H,5-6H2,1-4H3,(H,18,19,20). The molecule has 0 aliphatic carbocycles. The Morgan fingerprint density at radius 2 is 1.76 bits per heavy atom. The van der Waals surface area contributed by atoms with Crippen LogP contribution in [-0.2, 0) is 0 Å². The molecule has 0 aliphatic heterocycles. The van der Waals surface area contributed by atoms with Gasteiger partial charge in [-0.25, -0.2) is 4.98 Å². The lowest BCUT2D eigenvalue weighted by molar-refractivity contribution is 0.808. The molecule has 1 aromatic carbocycles. The highest BCUT2D eigenvalue weighted by atomic mass is 15.3. The zero-order valence-electron chi connectivity index (χ0n) is 13.3. The number of hydrogen-bond acceptors (Lipinski definition) is 4. The lowest BCUT2D eigenvalue weighted by Gasteiger charge is -2.21. The van der Waals surface area contributed by atoms with Crippen LogP contribution in [0, 0.1) is 6.92 Å². The molecule has 0 amide bonds. The number of benzene rings is 1. The van der Waals surface area contributed by atoms with E-state index in [1.165, 1.54) is 5.56 Å². The fraction of sp³-hybridized carbons (Fsp3) is 0.412. The van der Waals surface area contributed by atoms with E-state index in [0.29, 0.717) is 0 Å². The van der Waals surface area contributed by atoms with Crippen molar-refractivity contribution >= 4 is 11.8 Å². The maximum absolute atomic E-state index is 4.64. The van der Waals surface area contributed by atoms with Gasteiger partial charge in [0.25, 0.3) is 0 Å². The van der Waals surface area contributed by atoms with Gasteiger partial charge in [-0.15, -0.1) is 0 Å². The van der Waals surface area contributed by atoms with Crippen molar-refractivity contribution in [3.63, 3.8) is 0 Å². The molecule has 2 rings (SSSR count). The van der Waals surface area contributed by atoms with E-state index in [-0.39, 0.29) is 6.04 Å². The van der Waals surface area contributed by atoms with Gasteiger partial charge in [-0.1, -0.05) is 30.3 Å². The molecule has 0 radical (unpaired) electrons. The molecule has 112 valence electrons. The van der Waals surface area contributed by atoms with Crippen molar-refractivity contribution in [3.05, 3.63) is 47.7 Å². The van der Waals surface area contributed by atoms with E-state index in [1.807, 2.05) is 19.1 Å². The second-order valence-electron chi connectivity index (χ2n) is 5.14. The van der Waals surface area contributed by atoms with Crippen molar-refractivity contribution in [2.75, 3.05) is 23.3 Å². The van der Waals surface area contributed by atoms with Crippen LogP contribution < -0.4 is 10.2 Å². The third kappa shape index (κ3) is 3.94. The first kappa shape index (κ1) is 15.3. The minimum Gasteiger partial charge on any atom is -0.363 e. The highest BCUT2D eigenvalue weighted by molar-refractivity contribution is 5.45. The first-order chi connectivity index (χ1) is 10.1. The van der Waals surface area contributed by atoms with Gasteiger partial charge in [0.1, 0.15) is 5.82 Å². The molecule has 0 bridgehead atoms. The molecule has 1 aromatic heterocycles. The zero-order valence-corrected chi connectivity index (χ0v) is 13.3. The van der Waals surface area contributed by atoms with Gasteiger partial charge in [0.2, 0.25) is 5.95 Å². The molecule has 0 fully saturated rings. The number of nitrogens with one attached hydrogen (secondary N) is 1. The average molecular weight is 284 g/mol. The summed E-state index contributed by atoms with van der Waals surface area (Å²) in [6.45, 7) is 10.2. The number of anilines is 2. The van der Waals surface area contributed by atoms with Gasteiger partial charge in [-0.2, -0.15) is 4.98 Å². The number of nitrogens with zero attached hydrogens (tertiary/aromatic N) is 3. The molecule has 4 nitrogen and oxygen atoms in total. The summed E-state index contributed by atoms with van der Waals surface area (Å²) in [6.07, 6.45) is 0. The van der Waals surface area contributed by atoms with E-state index in [4.69, 9.17) is 0 Å². The lowest BCUT2D eigenvalue weighted by Crippen LogP contribution is -2.25.